The summed E-state index contributed by atoms with van der Waals surface area (Å²) < 4.78 is 0. The van der Waals surface area contributed by atoms with Crippen LogP contribution in [0.15, 0.2) is 79.1 Å². The average Bonchev–Trinajstić information content (AvgIpc) is 2.75. The van der Waals surface area contributed by atoms with Crippen molar-refractivity contribution in [2.24, 2.45) is 5.73 Å². The van der Waals surface area contributed by atoms with Crippen LogP contribution in [0.3, 0.4) is 0 Å². The Morgan fingerprint density at radius 2 is 1.66 bits per heavy atom. The van der Waals surface area contributed by atoms with Crippen LogP contribution >= 0.6 is 0 Å². The molecule has 1 heterocycles. The zero-order valence-corrected chi connectivity index (χ0v) is 16.3. The predicted molar refractivity (Wildman–Crippen MR) is 113 cm³/mol. The van der Waals surface area contributed by atoms with Crippen molar-refractivity contribution in [3.63, 3.8) is 0 Å². The Morgan fingerprint density at radius 1 is 1.00 bits per heavy atom. The summed E-state index contributed by atoms with van der Waals surface area (Å²) in [6.45, 7) is 0.542. The zero-order chi connectivity index (χ0) is 20.6. The molecule has 0 spiro atoms. The van der Waals surface area contributed by atoms with E-state index in [1.807, 2.05) is 30.3 Å². The molecule has 0 aliphatic carbocycles. The standard InChI is InChI=1S/C23H24N4O2/c1-27(16-17-5-3-2-4-6-17)22(28)15-21(24)18-7-9-19(10-8-18)23(29)26-20-11-13-25-14-12-20/h2-14,21H,15-16,24H2,1H3,(H,25,26,29). The van der Waals surface area contributed by atoms with Gasteiger partial charge in [-0.05, 0) is 35.4 Å². The van der Waals surface area contributed by atoms with E-state index >= 15 is 0 Å². The molecule has 1 unspecified atom stereocenters. The molecular weight excluding hydrogens is 364 g/mol. The van der Waals surface area contributed by atoms with Crippen molar-refractivity contribution < 1.29 is 9.59 Å². The lowest BCUT2D eigenvalue weighted by Crippen LogP contribution is -2.29. The molecule has 148 valence electrons. The first-order valence-electron chi connectivity index (χ1n) is 9.38. The lowest BCUT2D eigenvalue weighted by molar-refractivity contribution is -0.130. The van der Waals surface area contributed by atoms with E-state index in [2.05, 4.69) is 10.3 Å². The van der Waals surface area contributed by atoms with Gasteiger partial charge in [-0.25, -0.2) is 0 Å². The van der Waals surface area contributed by atoms with Crippen molar-refractivity contribution in [1.29, 1.82) is 0 Å². The summed E-state index contributed by atoms with van der Waals surface area (Å²) in [4.78, 5) is 30.4. The summed E-state index contributed by atoms with van der Waals surface area (Å²) in [5.74, 6) is -0.240. The Bertz CT molecular complexity index is 944. The Balaban J connectivity index is 1.56. The lowest BCUT2D eigenvalue weighted by Gasteiger charge is -2.20. The fourth-order valence-electron chi connectivity index (χ4n) is 2.93. The van der Waals surface area contributed by atoms with E-state index in [9.17, 15) is 9.59 Å². The molecule has 6 heteroatoms. The highest BCUT2D eigenvalue weighted by atomic mass is 16.2. The molecule has 2 aromatic carbocycles. The lowest BCUT2D eigenvalue weighted by atomic mass is 10.0. The molecule has 6 nitrogen and oxygen atoms in total. The monoisotopic (exact) mass is 388 g/mol. The van der Waals surface area contributed by atoms with Crippen LogP contribution in [-0.2, 0) is 11.3 Å². The minimum absolute atomic E-state index is 0.0270. The van der Waals surface area contributed by atoms with Gasteiger partial charge in [0.1, 0.15) is 0 Å². The predicted octanol–water partition coefficient (Wildman–Crippen LogP) is 3.38. The molecule has 29 heavy (non-hydrogen) atoms. The van der Waals surface area contributed by atoms with Gasteiger partial charge in [-0.15, -0.1) is 0 Å². The largest absolute Gasteiger partial charge is 0.341 e. The highest BCUT2D eigenvalue weighted by molar-refractivity contribution is 6.04. The molecule has 0 bridgehead atoms. The van der Waals surface area contributed by atoms with Crippen LogP contribution in [0.5, 0.6) is 0 Å². The number of nitrogens with zero attached hydrogens (tertiary/aromatic N) is 2. The first-order valence-corrected chi connectivity index (χ1v) is 9.38. The summed E-state index contributed by atoms with van der Waals surface area (Å²) in [5.41, 5.74) is 9.30. The minimum atomic E-state index is -0.432. The number of carbonyl (C=O) groups excluding carboxylic acids is 2. The summed E-state index contributed by atoms with van der Waals surface area (Å²) in [7, 11) is 1.77. The Labute approximate surface area is 170 Å². The minimum Gasteiger partial charge on any atom is -0.341 e. The maximum absolute atomic E-state index is 12.5. The molecule has 3 N–H and O–H groups in total. The van der Waals surface area contributed by atoms with E-state index in [-0.39, 0.29) is 18.2 Å². The van der Waals surface area contributed by atoms with Crippen LogP contribution in [0.25, 0.3) is 0 Å². The van der Waals surface area contributed by atoms with E-state index in [4.69, 9.17) is 5.73 Å². The third-order valence-electron chi connectivity index (χ3n) is 4.62. The van der Waals surface area contributed by atoms with Crippen LogP contribution in [0, 0.1) is 0 Å². The molecular formula is C23H24N4O2. The third-order valence-corrected chi connectivity index (χ3v) is 4.62. The van der Waals surface area contributed by atoms with Gasteiger partial charge in [-0.3, -0.25) is 14.6 Å². The van der Waals surface area contributed by atoms with Gasteiger partial charge in [-0.2, -0.15) is 0 Å². The van der Waals surface area contributed by atoms with Crippen LogP contribution in [-0.4, -0.2) is 28.7 Å². The zero-order valence-electron chi connectivity index (χ0n) is 16.3. The molecule has 0 saturated heterocycles. The van der Waals surface area contributed by atoms with Gasteiger partial charge in [0.05, 0.1) is 0 Å². The first kappa shape index (κ1) is 20.2. The van der Waals surface area contributed by atoms with Crippen molar-refractivity contribution in [2.45, 2.75) is 19.0 Å². The molecule has 1 aromatic heterocycles. The third kappa shape index (κ3) is 5.73. The normalized spacial score (nSPS) is 11.5. The first-order chi connectivity index (χ1) is 14.0. The SMILES string of the molecule is CN(Cc1ccccc1)C(=O)CC(N)c1ccc(C(=O)Nc2ccncc2)cc1. The number of hydrogen-bond donors (Lipinski definition) is 2. The van der Waals surface area contributed by atoms with Crippen molar-refractivity contribution in [2.75, 3.05) is 12.4 Å². The molecule has 3 rings (SSSR count). The van der Waals surface area contributed by atoms with Crippen molar-refractivity contribution in [3.8, 4) is 0 Å². The number of nitrogens with one attached hydrogen (secondary N) is 1. The Morgan fingerprint density at radius 3 is 2.31 bits per heavy atom. The molecule has 2 amide bonds. The van der Waals surface area contributed by atoms with E-state index in [1.165, 1.54) is 0 Å². The highest BCUT2D eigenvalue weighted by Gasteiger charge is 2.16. The molecule has 3 aromatic rings. The van der Waals surface area contributed by atoms with Gasteiger partial charge in [0.25, 0.3) is 5.91 Å². The number of rotatable bonds is 7. The molecule has 0 saturated carbocycles. The quantitative estimate of drug-likeness (QED) is 0.649. The number of nitrogens with two attached hydrogens (primary N) is 1. The maximum Gasteiger partial charge on any atom is 0.255 e. The Hall–Kier alpha value is -3.51. The Kier molecular flexibility index (Phi) is 6.71. The summed E-state index contributed by atoms with van der Waals surface area (Å²) in [6.07, 6.45) is 3.43. The van der Waals surface area contributed by atoms with Gasteiger partial charge < -0.3 is 16.0 Å². The van der Waals surface area contributed by atoms with Crippen LogP contribution < -0.4 is 11.1 Å². The van der Waals surface area contributed by atoms with Crippen LogP contribution in [0.1, 0.15) is 33.9 Å². The van der Waals surface area contributed by atoms with E-state index in [1.54, 1.807) is 60.7 Å². The number of aromatic nitrogens is 1. The molecule has 0 aliphatic heterocycles. The van der Waals surface area contributed by atoms with E-state index < -0.39 is 6.04 Å². The number of pyridine rings is 1. The summed E-state index contributed by atoms with van der Waals surface area (Å²) in [6, 6.07) is 19.8. The summed E-state index contributed by atoms with van der Waals surface area (Å²) in [5, 5.41) is 2.81. The number of benzene rings is 2. The van der Waals surface area contributed by atoms with Crippen molar-refractivity contribution in [1.82, 2.24) is 9.88 Å². The second-order valence-corrected chi connectivity index (χ2v) is 6.86. The smallest absolute Gasteiger partial charge is 0.255 e. The molecule has 0 fully saturated rings. The van der Waals surface area contributed by atoms with Gasteiger partial charge in [0, 0.05) is 49.7 Å². The fraction of sp³-hybridized carbons (Fsp3) is 0.174. The average molecular weight is 388 g/mol. The number of carbonyl (C=O) groups is 2. The van der Waals surface area contributed by atoms with Gasteiger partial charge in [0.2, 0.25) is 5.91 Å². The highest BCUT2D eigenvalue weighted by Crippen LogP contribution is 2.17. The topological polar surface area (TPSA) is 88.3 Å². The summed E-state index contributed by atoms with van der Waals surface area (Å²) >= 11 is 0. The number of amides is 2. The van der Waals surface area contributed by atoms with Gasteiger partial charge >= 0.3 is 0 Å². The van der Waals surface area contributed by atoms with Gasteiger partial charge in [-0.1, -0.05) is 42.5 Å². The number of hydrogen-bond acceptors (Lipinski definition) is 4. The van der Waals surface area contributed by atoms with E-state index in [0.717, 1.165) is 11.1 Å². The fourth-order valence-corrected chi connectivity index (χ4v) is 2.93. The second kappa shape index (κ2) is 9.61. The molecule has 0 radical (unpaired) electrons. The van der Waals surface area contributed by atoms with Crippen LogP contribution in [0.4, 0.5) is 5.69 Å². The van der Waals surface area contributed by atoms with Crippen molar-refractivity contribution in [3.05, 3.63) is 95.8 Å². The van der Waals surface area contributed by atoms with E-state index in [0.29, 0.717) is 17.8 Å². The van der Waals surface area contributed by atoms with Gasteiger partial charge in [0.15, 0.2) is 0 Å². The second-order valence-electron chi connectivity index (χ2n) is 6.86. The number of anilines is 1. The molecule has 0 aliphatic rings. The van der Waals surface area contributed by atoms with Crippen molar-refractivity contribution >= 4 is 17.5 Å². The maximum atomic E-state index is 12.5. The molecule has 1 atom stereocenters. The van der Waals surface area contributed by atoms with Crippen LogP contribution in [0.2, 0.25) is 0 Å².